The van der Waals surface area contributed by atoms with Crippen LogP contribution in [0.3, 0.4) is 0 Å². The minimum atomic E-state index is -0.0881. The maximum absolute atomic E-state index is 5.83. The first-order valence-corrected chi connectivity index (χ1v) is 5.97. The summed E-state index contributed by atoms with van der Waals surface area (Å²) in [5.74, 6) is 0. The molecule has 1 aromatic rings. The molecule has 0 aromatic heterocycles. The molecule has 2 aliphatic heterocycles. The maximum atomic E-state index is 5.83. The Morgan fingerprint density at radius 2 is 1.75 bits per heavy atom. The smallest absolute Gasteiger partial charge is 0.173 e. The van der Waals surface area contributed by atoms with Gasteiger partial charge in [-0.25, -0.2) is 0 Å². The Morgan fingerprint density at radius 1 is 1.06 bits per heavy atom. The SMILES string of the molecule is c1ccc2c(c1)COC(C1CCCN1)OC2. The molecule has 3 nitrogen and oxygen atoms in total. The molecule has 1 atom stereocenters. The second kappa shape index (κ2) is 4.53. The van der Waals surface area contributed by atoms with Crippen LogP contribution >= 0.6 is 0 Å². The number of fused-ring (bicyclic) bond motifs is 1. The number of ether oxygens (including phenoxy) is 2. The third-order valence-corrected chi connectivity index (χ3v) is 3.35. The predicted octanol–water partition coefficient (Wildman–Crippen LogP) is 1.81. The van der Waals surface area contributed by atoms with Crippen molar-refractivity contribution in [2.75, 3.05) is 6.54 Å². The standard InChI is InChI=1S/C13H17NO2/c1-2-5-11-9-16-13(12-6-3-7-14-12)15-8-10(11)4-1/h1-2,4-5,12-14H,3,6-9H2. The van der Waals surface area contributed by atoms with E-state index in [-0.39, 0.29) is 6.29 Å². The molecule has 16 heavy (non-hydrogen) atoms. The second-order valence-corrected chi connectivity index (χ2v) is 4.46. The van der Waals surface area contributed by atoms with Crippen LogP contribution in [0.15, 0.2) is 24.3 Å². The van der Waals surface area contributed by atoms with Gasteiger partial charge in [0.15, 0.2) is 6.29 Å². The summed E-state index contributed by atoms with van der Waals surface area (Å²) in [6, 6.07) is 8.70. The molecule has 0 bridgehead atoms. The van der Waals surface area contributed by atoms with Crippen molar-refractivity contribution in [1.82, 2.24) is 5.32 Å². The van der Waals surface area contributed by atoms with Crippen LogP contribution in [0.25, 0.3) is 0 Å². The first-order chi connectivity index (χ1) is 7.93. The van der Waals surface area contributed by atoms with Crippen LogP contribution in [0, 0.1) is 0 Å². The number of rotatable bonds is 1. The maximum Gasteiger partial charge on any atom is 0.173 e. The van der Waals surface area contributed by atoms with E-state index in [1.54, 1.807) is 0 Å². The Bertz CT molecular complexity index is 334. The summed E-state index contributed by atoms with van der Waals surface area (Å²) < 4.78 is 11.7. The van der Waals surface area contributed by atoms with Gasteiger partial charge in [0, 0.05) is 0 Å². The lowest BCUT2D eigenvalue weighted by Crippen LogP contribution is -2.37. The van der Waals surface area contributed by atoms with Crippen molar-refractivity contribution in [3.05, 3.63) is 35.4 Å². The molecule has 0 spiro atoms. The van der Waals surface area contributed by atoms with Crippen LogP contribution in [0.4, 0.5) is 0 Å². The highest BCUT2D eigenvalue weighted by atomic mass is 16.7. The third kappa shape index (κ3) is 1.98. The summed E-state index contributed by atoms with van der Waals surface area (Å²) in [5.41, 5.74) is 2.51. The first-order valence-electron chi connectivity index (χ1n) is 5.97. The van der Waals surface area contributed by atoms with E-state index in [0.717, 1.165) is 13.0 Å². The predicted molar refractivity (Wildman–Crippen MR) is 60.8 cm³/mol. The fourth-order valence-corrected chi connectivity index (χ4v) is 2.41. The summed E-state index contributed by atoms with van der Waals surface area (Å²) in [4.78, 5) is 0. The van der Waals surface area contributed by atoms with Gasteiger partial charge in [-0.3, -0.25) is 0 Å². The van der Waals surface area contributed by atoms with Crippen molar-refractivity contribution in [1.29, 1.82) is 0 Å². The van der Waals surface area contributed by atoms with E-state index >= 15 is 0 Å². The highest BCUT2D eigenvalue weighted by Gasteiger charge is 2.27. The van der Waals surface area contributed by atoms with Crippen LogP contribution in [0.5, 0.6) is 0 Å². The van der Waals surface area contributed by atoms with E-state index in [0.29, 0.717) is 19.3 Å². The van der Waals surface area contributed by atoms with Gasteiger partial charge in [-0.15, -0.1) is 0 Å². The summed E-state index contributed by atoms with van der Waals surface area (Å²) in [7, 11) is 0. The molecular formula is C13H17NO2. The van der Waals surface area contributed by atoms with Gasteiger partial charge in [-0.2, -0.15) is 0 Å². The van der Waals surface area contributed by atoms with E-state index in [1.807, 2.05) is 0 Å². The van der Waals surface area contributed by atoms with E-state index in [4.69, 9.17) is 9.47 Å². The van der Waals surface area contributed by atoms with Crippen LogP contribution in [-0.4, -0.2) is 18.9 Å². The third-order valence-electron chi connectivity index (χ3n) is 3.35. The summed E-state index contributed by atoms with van der Waals surface area (Å²) >= 11 is 0. The van der Waals surface area contributed by atoms with Gasteiger partial charge in [-0.05, 0) is 30.5 Å². The lowest BCUT2D eigenvalue weighted by atomic mass is 10.1. The molecule has 1 unspecified atom stereocenters. The van der Waals surface area contributed by atoms with Crippen molar-refractivity contribution in [3.8, 4) is 0 Å². The minimum Gasteiger partial charge on any atom is -0.346 e. The molecule has 86 valence electrons. The quantitative estimate of drug-likeness (QED) is 0.781. The van der Waals surface area contributed by atoms with Crippen LogP contribution in [0.1, 0.15) is 24.0 Å². The van der Waals surface area contributed by atoms with E-state index < -0.39 is 0 Å². The zero-order valence-electron chi connectivity index (χ0n) is 9.32. The number of benzene rings is 1. The molecule has 2 aliphatic rings. The summed E-state index contributed by atoms with van der Waals surface area (Å²) in [5, 5.41) is 3.43. The molecule has 1 N–H and O–H groups in total. The van der Waals surface area contributed by atoms with Crippen molar-refractivity contribution in [3.63, 3.8) is 0 Å². The Hall–Kier alpha value is -0.900. The molecule has 1 aromatic carbocycles. The van der Waals surface area contributed by atoms with Crippen LogP contribution in [0.2, 0.25) is 0 Å². The second-order valence-electron chi connectivity index (χ2n) is 4.46. The van der Waals surface area contributed by atoms with Crippen LogP contribution in [-0.2, 0) is 22.7 Å². The molecule has 1 saturated heterocycles. The van der Waals surface area contributed by atoms with Crippen molar-refractivity contribution < 1.29 is 9.47 Å². The number of hydrogen-bond donors (Lipinski definition) is 1. The van der Waals surface area contributed by atoms with Crippen LogP contribution < -0.4 is 5.32 Å². The van der Waals surface area contributed by atoms with Gasteiger partial charge in [0.1, 0.15) is 0 Å². The zero-order chi connectivity index (χ0) is 10.8. The van der Waals surface area contributed by atoms with Gasteiger partial charge in [0.25, 0.3) is 0 Å². The van der Waals surface area contributed by atoms with E-state index in [2.05, 4.69) is 29.6 Å². The summed E-state index contributed by atoms with van der Waals surface area (Å²) in [6.45, 7) is 2.42. The fraction of sp³-hybridized carbons (Fsp3) is 0.538. The molecule has 1 fully saturated rings. The number of nitrogens with one attached hydrogen (secondary N) is 1. The molecule has 3 heteroatoms. The van der Waals surface area contributed by atoms with Crippen molar-refractivity contribution >= 4 is 0 Å². The van der Waals surface area contributed by atoms with Gasteiger partial charge in [0.05, 0.1) is 19.3 Å². The van der Waals surface area contributed by atoms with Gasteiger partial charge in [-0.1, -0.05) is 24.3 Å². The summed E-state index contributed by atoms with van der Waals surface area (Å²) in [6.07, 6.45) is 2.29. The molecule has 0 aliphatic carbocycles. The Morgan fingerprint density at radius 3 is 2.31 bits per heavy atom. The molecule has 0 radical (unpaired) electrons. The topological polar surface area (TPSA) is 30.5 Å². The average Bonchev–Trinajstić information content (AvgIpc) is 2.76. The first kappa shape index (κ1) is 10.3. The lowest BCUT2D eigenvalue weighted by molar-refractivity contribution is -0.163. The largest absolute Gasteiger partial charge is 0.346 e. The van der Waals surface area contributed by atoms with Gasteiger partial charge in [0.2, 0.25) is 0 Å². The Balaban J connectivity index is 1.71. The highest BCUT2D eigenvalue weighted by molar-refractivity contribution is 5.26. The molecule has 0 amide bonds. The van der Waals surface area contributed by atoms with E-state index in [9.17, 15) is 0 Å². The van der Waals surface area contributed by atoms with Crippen molar-refractivity contribution in [2.45, 2.75) is 38.4 Å². The fourth-order valence-electron chi connectivity index (χ4n) is 2.41. The lowest BCUT2D eigenvalue weighted by Gasteiger charge is -2.21. The van der Waals surface area contributed by atoms with Crippen molar-refractivity contribution in [2.24, 2.45) is 0 Å². The Kier molecular flexibility index (Phi) is 2.91. The number of hydrogen-bond acceptors (Lipinski definition) is 3. The molecule has 2 heterocycles. The van der Waals surface area contributed by atoms with Gasteiger partial charge < -0.3 is 14.8 Å². The highest BCUT2D eigenvalue weighted by Crippen LogP contribution is 2.22. The monoisotopic (exact) mass is 219 g/mol. The molecule has 0 saturated carbocycles. The normalized spacial score (nSPS) is 26.4. The molecule has 3 rings (SSSR count). The zero-order valence-corrected chi connectivity index (χ0v) is 9.32. The molecular weight excluding hydrogens is 202 g/mol. The Labute approximate surface area is 95.8 Å². The van der Waals surface area contributed by atoms with Gasteiger partial charge >= 0.3 is 0 Å². The average molecular weight is 219 g/mol. The van der Waals surface area contributed by atoms with E-state index in [1.165, 1.54) is 17.5 Å². The minimum absolute atomic E-state index is 0.0881.